The van der Waals surface area contributed by atoms with Gasteiger partial charge in [-0.2, -0.15) is 5.10 Å². The number of para-hydroxylation sites is 2. The number of hydrogen-bond donors (Lipinski definition) is 0. The Hall–Kier alpha value is -3.90. The second-order valence-electron chi connectivity index (χ2n) is 8.45. The number of carbonyl (C=O) groups is 2. The van der Waals surface area contributed by atoms with Crippen LogP contribution in [0.2, 0.25) is 5.02 Å². The minimum absolute atomic E-state index is 0.242. The highest BCUT2D eigenvalue weighted by Gasteiger charge is 2.30. The van der Waals surface area contributed by atoms with Gasteiger partial charge in [0.1, 0.15) is 11.3 Å². The lowest BCUT2D eigenvalue weighted by Crippen LogP contribution is -2.42. The van der Waals surface area contributed by atoms with Crippen LogP contribution < -0.4 is 4.90 Å². The zero-order chi connectivity index (χ0) is 24.4. The molecule has 6 nitrogen and oxygen atoms in total. The summed E-state index contributed by atoms with van der Waals surface area (Å²) in [7, 11) is 0. The highest BCUT2D eigenvalue weighted by atomic mass is 35.5. The lowest BCUT2D eigenvalue weighted by molar-refractivity contribution is -0.126. The third kappa shape index (κ3) is 4.70. The average molecular weight is 486 g/mol. The zero-order valence-corrected chi connectivity index (χ0v) is 20.0. The van der Waals surface area contributed by atoms with Gasteiger partial charge in [-0.25, -0.2) is 9.48 Å². The summed E-state index contributed by atoms with van der Waals surface area (Å²) in [6, 6.07) is 24.4. The van der Waals surface area contributed by atoms with Crippen molar-refractivity contribution in [1.82, 2.24) is 9.78 Å². The molecule has 5 rings (SSSR count). The molecular formula is C28H24ClN3O3. The predicted octanol–water partition coefficient (Wildman–Crippen LogP) is 5.72. The second-order valence-corrected chi connectivity index (χ2v) is 8.88. The number of nitrogens with zero attached hydrogens (tertiary/aromatic N) is 3. The van der Waals surface area contributed by atoms with Crippen molar-refractivity contribution in [1.29, 1.82) is 0 Å². The van der Waals surface area contributed by atoms with E-state index in [1.54, 1.807) is 47.0 Å². The minimum atomic E-state index is -0.952. The van der Waals surface area contributed by atoms with Crippen molar-refractivity contribution >= 4 is 29.2 Å². The summed E-state index contributed by atoms with van der Waals surface area (Å²) in [5.74, 6) is -0.850. The van der Waals surface area contributed by atoms with Gasteiger partial charge in [0.15, 0.2) is 6.10 Å². The molecule has 0 aliphatic carbocycles. The molecule has 3 aromatic carbocycles. The number of ether oxygens (including phenoxy) is 1. The van der Waals surface area contributed by atoms with Crippen molar-refractivity contribution in [2.24, 2.45) is 0 Å². The Kier molecular flexibility index (Phi) is 6.38. The van der Waals surface area contributed by atoms with Gasteiger partial charge >= 0.3 is 5.97 Å². The fourth-order valence-corrected chi connectivity index (χ4v) is 4.44. The highest BCUT2D eigenvalue weighted by molar-refractivity contribution is 6.30. The fourth-order valence-electron chi connectivity index (χ4n) is 4.31. The molecule has 0 fully saturated rings. The summed E-state index contributed by atoms with van der Waals surface area (Å²) in [4.78, 5) is 28.3. The normalized spacial score (nSPS) is 13.7. The Bertz CT molecular complexity index is 1370. The van der Waals surface area contributed by atoms with Gasteiger partial charge < -0.3 is 9.64 Å². The number of amides is 1. The molecule has 0 spiro atoms. The quantitative estimate of drug-likeness (QED) is 0.339. The SMILES string of the molecule is CC(OC(=O)c1cn(-c2ccccc2)nc1-c1ccc(Cl)cc1)C(=O)N1CCCc2ccccc21. The van der Waals surface area contributed by atoms with Crippen LogP contribution in [0.1, 0.15) is 29.3 Å². The average Bonchev–Trinajstić information content (AvgIpc) is 3.34. The van der Waals surface area contributed by atoms with E-state index < -0.39 is 12.1 Å². The van der Waals surface area contributed by atoms with E-state index in [2.05, 4.69) is 5.10 Å². The summed E-state index contributed by atoms with van der Waals surface area (Å²) >= 11 is 6.06. The van der Waals surface area contributed by atoms with Crippen molar-refractivity contribution in [3.05, 3.63) is 101 Å². The van der Waals surface area contributed by atoms with E-state index in [0.29, 0.717) is 17.3 Å². The summed E-state index contributed by atoms with van der Waals surface area (Å²) < 4.78 is 7.32. The topological polar surface area (TPSA) is 64.4 Å². The number of aromatic nitrogens is 2. The van der Waals surface area contributed by atoms with Gasteiger partial charge in [0.05, 0.1) is 5.69 Å². The maximum Gasteiger partial charge on any atom is 0.342 e. The van der Waals surface area contributed by atoms with E-state index >= 15 is 0 Å². The van der Waals surface area contributed by atoms with E-state index in [-0.39, 0.29) is 11.5 Å². The standard InChI is InChI=1S/C28H24ClN3O3/c1-19(27(33)31-17-7-9-20-8-5-6-12-25(20)31)35-28(34)24-18-32(23-10-3-2-4-11-23)30-26(24)21-13-15-22(29)16-14-21/h2-6,8,10-16,18-19H,7,9,17H2,1H3. The van der Waals surface area contributed by atoms with E-state index in [1.165, 1.54) is 0 Å². The van der Waals surface area contributed by atoms with Gasteiger partial charge in [0, 0.05) is 29.0 Å². The van der Waals surface area contributed by atoms with Crippen LogP contribution in [0.4, 0.5) is 5.69 Å². The number of aryl methyl sites for hydroxylation is 1. The number of esters is 1. The molecule has 4 aromatic rings. The van der Waals surface area contributed by atoms with Crippen LogP contribution >= 0.6 is 11.6 Å². The van der Waals surface area contributed by atoms with Crippen molar-refractivity contribution in [3.8, 4) is 16.9 Å². The van der Waals surface area contributed by atoms with Gasteiger partial charge in [-0.3, -0.25) is 4.79 Å². The fraction of sp³-hybridized carbons (Fsp3) is 0.179. The number of benzene rings is 3. The van der Waals surface area contributed by atoms with Crippen LogP contribution in [0.15, 0.2) is 85.1 Å². The van der Waals surface area contributed by atoms with Gasteiger partial charge in [-0.15, -0.1) is 0 Å². The molecule has 0 bridgehead atoms. The van der Waals surface area contributed by atoms with Gasteiger partial charge in [-0.05, 0) is 55.7 Å². The molecule has 176 valence electrons. The summed E-state index contributed by atoms with van der Waals surface area (Å²) in [5, 5.41) is 5.24. The lowest BCUT2D eigenvalue weighted by atomic mass is 10.0. The van der Waals surface area contributed by atoms with Crippen molar-refractivity contribution in [2.75, 3.05) is 11.4 Å². The minimum Gasteiger partial charge on any atom is -0.449 e. The van der Waals surface area contributed by atoms with Gasteiger partial charge in [0.25, 0.3) is 5.91 Å². The number of carbonyl (C=O) groups excluding carboxylic acids is 2. The molecule has 1 amide bonds. The molecular weight excluding hydrogens is 462 g/mol. The number of halogens is 1. The first-order chi connectivity index (χ1) is 17.0. The van der Waals surface area contributed by atoms with E-state index in [1.807, 2.05) is 54.6 Å². The molecule has 0 saturated carbocycles. The molecule has 0 N–H and O–H groups in total. The molecule has 1 unspecified atom stereocenters. The Balaban J connectivity index is 1.43. The Labute approximate surface area is 208 Å². The number of anilines is 1. The predicted molar refractivity (Wildman–Crippen MR) is 136 cm³/mol. The number of hydrogen-bond acceptors (Lipinski definition) is 4. The third-order valence-electron chi connectivity index (χ3n) is 6.08. The molecule has 1 atom stereocenters. The smallest absolute Gasteiger partial charge is 0.342 e. The third-order valence-corrected chi connectivity index (χ3v) is 6.33. The monoisotopic (exact) mass is 485 g/mol. The largest absolute Gasteiger partial charge is 0.449 e. The first-order valence-corrected chi connectivity index (χ1v) is 11.9. The van der Waals surface area contributed by atoms with Crippen molar-refractivity contribution in [3.63, 3.8) is 0 Å². The molecule has 1 aliphatic rings. The van der Waals surface area contributed by atoms with E-state index in [4.69, 9.17) is 16.3 Å². The molecule has 7 heteroatoms. The first kappa shape index (κ1) is 22.9. The van der Waals surface area contributed by atoms with Crippen LogP contribution in [-0.2, 0) is 16.0 Å². The molecule has 0 radical (unpaired) electrons. The molecule has 1 aliphatic heterocycles. The van der Waals surface area contributed by atoms with Crippen LogP contribution in [0.25, 0.3) is 16.9 Å². The molecule has 0 saturated heterocycles. The van der Waals surface area contributed by atoms with Gasteiger partial charge in [0.2, 0.25) is 0 Å². The zero-order valence-electron chi connectivity index (χ0n) is 19.2. The van der Waals surface area contributed by atoms with Crippen LogP contribution in [0.3, 0.4) is 0 Å². The molecule has 1 aromatic heterocycles. The van der Waals surface area contributed by atoms with Crippen LogP contribution in [-0.4, -0.2) is 34.3 Å². The number of rotatable bonds is 5. The number of fused-ring (bicyclic) bond motifs is 1. The summed E-state index contributed by atoms with van der Waals surface area (Å²) in [6.45, 7) is 2.21. The summed E-state index contributed by atoms with van der Waals surface area (Å²) in [5.41, 5.74) is 4.26. The Morgan fingerprint density at radius 3 is 2.46 bits per heavy atom. The van der Waals surface area contributed by atoms with Crippen molar-refractivity contribution < 1.29 is 14.3 Å². The van der Waals surface area contributed by atoms with Crippen LogP contribution in [0.5, 0.6) is 0 Å². The molecule has 2 heterocycles. The highest BCUT2D eigenvalue weighted by Crippen LogP contribution is 2.29. The summed E-state index contributed by atoms with van der Waals surface area (Å²) in [6.07, 6.45) is 2.48. The Morgan fingerprint density at radius 1 is 0.971 bits per heavy atom. The van der Waals surface area contributed by atoms with E-state index in [0.717, 1.165) is 35.3 Å². The van der Waals surface area contributed by atoms with Gasteiger partial charge in [-0.1, -0.05) is 60.1 Å². The Morgan fingerprint density at radius 2 is 1.69 bits per heavy atom. The van der Waals surface area contributed by atoms with Crippen LogP contribution in [0, 0.1) is 0 Å². The first-order valence-electron chi connectivity index (χ1n) is 11.5. The maximum absolute atomic E-state index is 13.3. The lowest BCUT2D eigenvalue weighted by Gasteiger charge is -2.31. The van der Waals surface area contributed by atoms with E-state index in [9.17, 15) is 9.59 Å². The second kappa shape index (κ2) is 9.76. The molecule has 35 heavy (non-hydrogen) atoms. The van der Waals surface area contributed by atoms with Crippen molar-refractivity contribution in [2.45, 2.75) is 25.9 Å². The maximum atomic E-state index is 13.3.